The molecule has 1 atom stereocenters. The van der Waals surface area contributed by atoms with E-state index < -0.39 is 0 Å². The van der Waals surface area contributed by atoms with Gasteiger partial charge in [-0.05, 0) is 25.1 Å². The Labute approximate surface area is 114 Å². The SMILES string of the molecule is CCOc1ccccc1C(CN)Nc1ccccc1. The van der Waals surface area contributed by atoms with Gasteiger partial charge in [0.1, 0.15) is 5.75 Å². The van der Waals surface area contributed by atoms with Gasteiger partial charge in [-0.25, -0.2) is 0 Å². The average Bonchev–Trinajstić information content (AvgIpc) is 2.47. The molecule has 0 saturated carbocycles. The van der Waals surface area contributed by atoms with E-state index in [1.807, 2.05) is 55.5 Å². The Morgan fingerprint density at radius 1 is 1.05 bits per heavy atom. The minimum absolute atomic E-state index is 0.0464. The molecule has 100 valence electrons. The van der Waals surface area contributed by atoms with E-state index in [0.717, 1.165) is 17.0 Å². The number of benzene rings is 2. The summed E-state index contributed by atoms with van der Waals surface area (Å²) in [5, 5.41) is 3.44. The molecule has 0 aliphatic carbocycles. The Morgan fingerprint density at radius 2 is 1.74 bits per heavy atom. The van der Waals surface area contributed by atoms with Gasteiger partial charge in [0.2, 0.25) is 0 Å². The molecule has 0 aromatic heterocycles. The molecule has 0 radical (unpaired) electrons. The first-order chi connectivity index (χ1) is 9.35. The van der Waals surface area contributed by atoms with Crippen LogP contribution in [0, 0.1) is 0 Å². The largest absolute Gasteiger partial charge is 0.494 e. The van der Waals surface area contributed by atoms with Crippen molar-refractivity contribution in [3.05, 3.63) is 60.2 Å². The molecular weight excluding hydrogens is 236 g/mol. The fraction of sp³-hybridized carbons (Fsp3) is 0.250. The van der Waals surface area contributed by atoms with Crippen LogP contribution >= 0.6 is 0 Å². The second-order valence-corrected chi connectivity index (χ2v) is 4.27. The summed E-state index contributed by atoms with van der Waals surface area (Å²) in [5.41, 5.74) is 8.05. The van der Waals surface area contributed by atoms with Gasteiger partial charge in [-0.3, -0.25) is 0 Å². The third-order valence-corrected chi connectivity index (χ3v) is 2.94. The van der Waals surface area contributed by atoms with Crippen LogP contribution in [-0.2, 0) is 0 Å². The highest BCUT2D eigenvalue weighted by atomic mass is 16.5. The van der Waals surface area contributed by atoms with Crippen molar-refractivity contribution < 1.29 is 4.74 Å². The van der Waals surface area contributed by atoms with Gasteiger partial charge in [0.15, 0.2) is 0 Å². The Morgan fingerprint density at radius 3 is 2.42 bits per heavy atom. The molecule has 3 heteroatoms. The number of nitrogens with one attached hydrogen (secondary N) is 1. The highest BCUT2D eigenvalue weighted by Crippen LogP contribution is 2.27. The van der Waals surface area contributed by atoms with Crippen LogP contribution in [-0.4, -0.2) is 13.2 Å². The molecule has 0 saturated heterocycles. The standard InChI is InChI=1S/C16H20N2O/c1-2-19-16-11-7-6-10-14(16)15(12-17)18-13-8-4-3-5-9-13/h3-11,15,18H,2,12,17H2,1H3. The lowest BCUT2D eigenvalue weighted by atomic mass is 10.1. The van der Waals surface area contributed by atoms with Crippen molar-refractivity contribution in [2.45, 2.75) is 13.0 Å². The lowest BCUT2D eigenvalue weighted by Gasteiger charge is -2.21. The molecule has 3 nitrogen and oxygen atoms in total. The number of para-hydroxylation sites is 2. The third-order valence-electron chi connectivity index (χ3n) is 2.94. The van der Waals surface area contributed by atoms with Gasteiger partial charge in [0.05, 0.1) is 12.6 Å². The first-order valence-electron chi connectivity index (χ1n) is 6.58. The highest BCUT2D eigenvalue weighted by Gasteiger charge is 2.14. The molecule has 0 fully saturated rings. The molecule has 2 rings (SSSR count). The molecular formula is C16H20N2O. The number of hydrogen-bond acceptors (Lipinski definition) is 3. The van der Waals surface area contributed by atoms with E-state index in [2.05, 4.69) is 11.4 Å². The molecule has 1 unspecified atom stereocenters. The zero-order valence-electron chi connectivity index (χ0n) is 11.2. The van der Waals surface area contributed by atoms with Gasteiger partial charge in [-0.2, -0.15) is 0 Å². The molecule has 0 spiro atoms. The lowest BCUT2D eigenvalue weighted by Crippen LogP contribution is -2.21. The maximum atomic E-state index is 5.90. The smallest absolute Gasteiger partial charge is 0.124 e. The Kier molecular flexibility index (Phi) is 4.81. The minimum Gasteiger partial charge on any atom is -0.494 e. The number of nitrogens with two attached hydrogens (primary N) is 1. The Hall–Kier alpha value is -2.00. The highest BCUT2D eigenvalue weighted by molar-refractivity contribution is 5.47. The van der Waals surface area contributed by atoms with E-state index in [4.69, 9.17) is 10.5 Å². The van der Waals surface area contributed by atoms with Gasteiger partial charge in [0, 0.05) is 17.8 Å². The predicted molar refractivity (Wildman–Crippen MR) is 79.5 cm³/mol. The van der Waals surface area contributed by atoms with Crippen molar-refractivity contribution in [2.24, 2.45) is 5.73 Å². The summed E-state index contributed by atoms with van der Waals surface area (Å²) in [5.74, 6) is 0.892. The monoisotopic (exact) mass is 256 g/mol. The van der Waals surface area contributed by atoms with Crippen LogP contribution in [0.5, 0.6) is 5.75 Å². The predicted octanol–water partition coefficient (Wildman–Crippen LogP) is 3.20. The van der Waals surface area contributed by atoms with Gasteiger partial charge in [0.25, 0.3) is 0 Å². The molecule has 0 aliphatic heterocycles. The number of ether oxygens (including phenoxy) is 1. The zero-order valence-corrected chi connectivity index (χ0v) is 11.2. The summed E-state index contributed by atoms with van der Waals surface area (Å²) in [4.78, 5) is 0. The summed E-state index contributed by atoms with van der Waals surface area (Å²) >= 11 is 0. The van der Waals surface area contributed by atoms with Crippen LogP contribution in [0.1, 0.15) is 18.5 Å². The molecule has 2 aromatic rings. The van der Waals surface area contributed by atoms with Crippen molar-refractivity contribution in [2.75, 3.05) is 18.5 Å². The van der Waals surface area contributed by atoms with Crippen LogP contribution in [0.25, 0.3) is 0 Å². The molecule has 2 aromatic carbocycles. The molecule has 0 aliphatic rings. The van der Waals surface area contributed by atoms with Crippen molar-refractivity contribution >= 4 is 5.69 Å². The fourth-order valence-electron chi connectivity index (χ4n) is 2.05. The summed E-state index contributed by atoms with van der Waals surface area (Å²) in [6.45, 7) is 3.15. The molecule has 3 N–H and O–H groups in total. The summed E-state index contributed by atoms with van der Waals surface area (Å²) in [7, 11) is 0. The maximum absolute atomic E-state index is 5.90. The minimum atomic E-state index is 0.0464. The fourth-order valence-corrected chi connectivity index (χ4v) is 2.05. The third kappa shape index (κ3) is 3.48. The first kappa shape index (κ1) is 13.4. The lowest BCUT2D eigenvalue weighted by molar-refractivity contribution is 0.335. The van der Waals surface area contributed by atoms with E-state index in [1.165, 1.54) is 0 Å². The van der Waals surface area contributed by atoms with Crippen molar-refractivity contribution in [1.82, 2.24) is 0 Å². The Balaban J connectivity index is 2.22. The van der Waals surface area contributed by atoms with Crippen LogP contribution in [0.4, 0.5) is 5.69 Å². The number of hydrogen-bond donors (Lipinski definition) is 2. The van der Waals surface area contributed by atoms with Gasteiger partial charge in [-0.1, -0.05) is 36.4 Å². The summed E-state index contributed by atoms with van der Waals surface area (Å²) < 4.78 is 5.66. The molecule has 0 amide bonds. The van der Waals surface area contributed by atoms with Crippen LogP contribution < -0.4 is 15.8 Å². The summed E-state index contributed by atoms with van der Waals surface area (Å²) in [6, 6.07) is 18.1. The van der Waals surface area contributed by atoms with Crippen molar-refractivity contribution in [1.29, 1.82) is 0 Å². The quantitative estimate of drug-likeness (QED) is 0.834. The van der Waals surface area contributed by atoms with Crippen LogP contribution in [0.3, 0.4) is 0 Å². The molecule has 0 heterocycles. The number of rotatable bonds is 6. The second kappa shape index (κ2) is 6.81. The van der Waals surface area contributed by atoms with Crippen LogP contribution in [0.15, 0.2) is 54.6 Å². The topological polar surface area (TPSA) is 47.3 Å². The molecule has 0 bridgehead atoms. The molecule has 19 heavy (non-hydrogen) atoms. The van der Waals surface area contributed by atoms with Gasteiger partial charge in [-0.15, -0.1) is 0 Å². The number of anilines is 1. The van der Waals surface area contributed by atoms with E-state index in [1.54, 1.807) is 0 Å². The van der Waals surface area contributed by atoms with E-state index in [9.17, 15) is 0 Å². The van der Waals surface area contributed by atoms with E-state index >= 15 is 0 Å². The maximum Gasteiger partial charge on any atom is 0.124 e. The first-order valence-corrected chi connectivity index (χ1v) is 6.58. The van der Waals surface area contributed by atoms with Gasteiger partial charge >= 0.3 is 0 Å². The zero-order chi connectivity index (χ0) is 13.5. The normalized spacial score (nSPS) is 11.9. The second-order valence-electron chi connectivity index (χ2n) is 4.27. The van der Waals surface area contributed by atoms with Gasteiger partial charge < -0.3 is 15.8 Å². The van der Waals surface area contributed by atoms with E-state index in [0.29, 0.717) is 13.2 Å². The van der Waals surface area contributed by atoms with Crippen LogP contribution in [0.2, 0.25) is 0 Å². The van der Waals surface area contributed by atoms with E-state index in [-0.39, 0.29) is 6.04 Å². The Bertz CT molecular complexity index is 499. The average molecular weight is 256 g/mol. The van der Waals surface area contributed by atoms with Crippen molar-refractivity contribution in [3.63, 3.8) is 0 Å². The summed E-state index contributed by atoms with van der Waals surface area (Å²) in [6.07, 6.45) is 0. The van der Waals surface area contributed by atoms with Crippen molar-refractivity contribution in [3.8, 4) is 5.75 Å².